The van der Waals surface area contributed by atoms with Gasteiger partial charge in [0.25, 0.3) is 11.1 Å². The predicted octanol–water partition coefficient (Wildman–Crippen LogP) is 8.07. The number of halogens is 2. The number of benzene rings is 4. The van der Waals surface area contributed by atoms with Gasteiger partial charge in [-0.15, -0.1) is 0 Å². The van der Waals surface area contributed by atoms with Crippen molar-refractivity contribution in [2.75, 3.05) is 0 Å². The normalized spacial score (nSPS) is 12.3. The number of ether oxygens (including phenoxy) is 1. The molecule has 6 aromatic rings. The molecular weight excluding hydrogens is 666 g/mol. The summed E-state index contributed by atoms with van der Waals surface area (Å²) in [4.78, 5) is 47.4. The minimum atomic E-state index is -0.665. The molecule has 0 saturated heterocycles. The first kappa shape index (κ1) is 39.0. The van der Waals surface area contributed by atoms with E-state index >= 15 is 0 Å². The van der Waals surface area contributed by atoms with Crippen LogP contribution in [0.15, 0.2) is 107 Å². The molecule has 0 aliphatic carbocycles. The molecule has 0 spiro atoms. The molecule has 0 radical (unpaired) electrons. The quantitative estimate of drug-likeness (QED) is 0.171. The van der Waals surface area contributed by atoms with Gasteiger partial charge in [-0.3, -0.25) is 18.7 Å². The van der Waals surface area contributed by atoms with E-state index in [1.165, 1.54) is 33.4 Å². The Morgan fingerprint density at radius 1 is 0.731 bits per heavy atom. The Kier molecular flexibility index (Phi) is 12.4. The topological polar surface area (TPSA) is 134 Å². The fraction of sp³-hybridized carbons (Fsp3) is 0.275. The first-order chi connectivity index (χ1) is 24.3. The molecule has 0 saturated carbocycles. The number of nitrogens with zero attached hydrogens (tertiary/aromatic N) is 4. The van der Waals surface area contributed by atoms with E-state index in [9.17, 15) is 23.2 Å². The number of carbonyl (C=O) groups is 1. The molecule has 2 atom stereocenters. The molecule has 1 amide bonds. The summed E-state index contributed by atoms with van der Waals surface area (Å²) in [5.41, 5.74) is 6.22. The fourth-order valence-electron chi connectivity index (χ4n) is 5.53. The van der Waals surface area contributed by atoms with Gasteiger partial charge in [0.15, 0.2) is 0 Å². The lowest BCUT2D eigenvalue weighted by Crippen LogP contribution is -2.37. The van der Waals surface area contributed by atoms with Gasteiger partial charge in [-0.1, -0.05) is 69.8 Å². The molecule has 52 heavy (non-hydrogen) atoms. The maximum Gasteiger partial charge on any atom is 0.408 e. The average molecular weight is 711 g/mol. The molecular formula is C40H44F2N6O4. The van der Waals surface area contributed by atoms with Crippen LogP contribution in [0.25, 0.3) is 33.2 Å². The van der Waals surface area contributed by atoms with E-state index in [1.54, 1.807) is 69.3 Å². The Labute approximate surface area is 300 Å². The second-order valence-corrected chi connectivity index (χ2v) is 12.8. The summed E-state index contributed by atoms with van der Waals surface area (Å²) in [6.07, 6.45) is 0.469. The summed E-state index contributed by atoms with van der Waals surface area (Å²) in [7, 11) is 0. The van der Waals surface area contributed by atoms with Gasteiger partial charge in [0.1, 0.15) is 39.7 Å². The molecule has 0 fully saturated rings. The van der Waals surface area contributed by atoms with Crippen molar-refractivity contribution < 1.29 is 18.3 Å². The zero-order valence-corrected chi connectivity index (χ0v) is 29.1. The molecule has 4 aromatic carbocycles. The van der Waals surface area contributed by atoms with E-state index in [1.807, 2.05) is 38.1 Å². The predicted molar refractivity (Wildman–Crippen MR) is 201 cm³/mol. The lowest BCUT2D eigenvalue weighted by atomic mass is 10.1. The van der Waals surface area contributed by atoms with Gasteiger partial charge >= 0.3 is 6.09 Å². The number of hydrogen-bond acceptors (Lipinski definition) is 7. The van der Waals surface area contributed by atoms with Crippen molar-refractivity contribution in [1.82, 2.24) is 24.4 Å². The zero-order valence-electron chi connectivity index (χ0n) is 29.1. The summed E-state index contributed by atoms with van der Waals surface area (Å²) in [6, 6.07) is 25.6. The fourth-order valence-corrected chi connectivity index (χ4v) is 5.53. The van der Waals surface area contributed by atoms with Crippen LogP contribution in [0.5, 0.6) is 0 Å². The van der Waals surface area contributed by atoms with E-state index in [4.69, 9.17) is 10.5 Å². The largest absolute Gasteiger partial charge is 0.444 e. The van der Waals surface area contributed by atoms with Gasteiger partial charge < -0.3 is 15.8 Å². The number of carbonyl (C=O) groups excluding carboxylic acids is 1. The molecule has 0 aliphatic heterocycles. The highest BCUT2D eigenvalue weighted by Gasteiger charge is 2.25. The molecule has 272 valence electrons. The first-order valence-electron chi connectivity index (χ1n) is 16.6. The molecule has 0 bridgehead atoms. The highest BCUT2D eigenvalue weighted by Crippen LogP contribution is 2.23. The highest BCUT2D eigenvalue weighted by atomic mass is 19.1. The highest BCUT2D eigenvalue weighted by molar-refractivity contribution is 5.79. The Morgan fingerprint density at radius 3 is 1.60 bits per heavy atom. The molecule has 12 heteroatoms. The van der Waals surface area contributed by atoms with Gasteiger partial charge in [0, 0.05) is 0 Å². The lowest BCUT2D eigenvalue weighted by molar-refractivity contribution is 0.0499. The second-order valence-electron chi connectivity index (χ2n) is 12.8. The van der Waals surface area contributed by atoms with E-state index in [2.05, 4.69) is 15.3 Å². The van der Waals surface area contributed by atoms with E-state index in [0.717, 1.165) is 0 Å². The van der Waals surface area contributed by atoms with Crippen LogP contribution in [-0.2, 0) is 4.74 Å². The third-order valence-corrected chi connectivity index (χ3v) is 7.96. The summed E-state index contributed by atoms with van der Waals surface area (Å²) in [6.45, 7) is 9.08. The Bertz CT molecular complexity index is 2290. The number of alkyl carbamates (subject to hydrolysis) is 1. The SMILES string of the molecule is C.CC[C@H](N)c1nc2cccc(F)c2c(=O)n1-c1ccccc1.CC[C@H](NC(=O)OC(C)(C)C)c1nc2cccc(F)c2c(=O)n1-c1ccccc1. The van der Waals surface area contributed by atoms with Crippen molar-refractivity contribution in [3.8, 4) is 11.4 Å². The molecule has 2 aromatic heterocycles. The van der Waals surface area contributed by atoms with Crippen LogP contribution in [0.4, 0.5) is 13.6 Å². The molecule has 10 nitrogen and oxygen atoms in total. The Morgan fingerprint density at radius 2 is 1.17 bits per heavy atom. The monoisotopic (exact) mass is 710 g/mol. The van der Waals surface area contributed by atoms with Crippen molar-refractivity contribution in [2.45, 2.75) is 72.6 Å². The molecule has 0 aliphatic rings. The van der Waals surface area contributed by atoms with Crippen molar-refractivity contribution in [1.29, 1.82) is 0 Å². The zero-order chi connectivity index (χ0) is 36.9. The number of nitrogens with two attached hydrogens (primary N) is 1. The van der Waals surface area contributed by atoms with E-state index in [0.29, 0.717) is 41.4 Å². The standard InChI is InChI=1S/C22H24FN3O3.C17H16FN3O.CH4/c1-5-16(25-21(28)29-22(2,3)4)19-24-17-13-9-12-15(23)18(17)20(27)26(19)14-10-7-6-8-11-14;1-2-13(19)16-20-14-10-6-9-12(18)15(14)17(22)21(16)11-7-4-3-5-8-11;/h6-13,16H,5H2,1-4H3,(H,25,28);3-10,13H,2,19H2,1H3;1H4/t16-;13-;/m00./s1. The molecule has 0 unspecified atom stereocenters. The van der Waals surface area contributed by atoms with Crippen molar-refractivity contribution in [3.63, 3.8) is 0 Å². The number of para-hydroxylation sites is 2. The number of hydrogen-bond donors (Lipinski definition) is 2. The maximum atomic E-state index is 14.4. The third kappa shape index (κ3) is 8.40. The first-order valence-corrected chi connectivity index (χ1v) is 16.6. The summed E-state index contributed by atoms with van der Waals surface area (Å²) < 4.78 is 36.6. The van der Waals surface area contributed by atoms with E-state index in [-0.39, 0.29) is 23.7 Å². The molecule has 2 heterocycles. The Hall–Kier alpha value is -5.75. The lowest BCUT2D eigenvalue weighted by Gasteiger charge is -2.24. The summed E-state index contributed by atoms with van der Waals surface area (Å²) >= 11 is 0. The molecule has 6 rings (SSSR count). The number of fused-ring (bicyclic) bond motifs is 2. The number of amides is 1. The second kappa shape index (κ2) is 16.5. The maximum absolute atomic E-state index is 14.4. The number of rotatable bonds is 7. The van der Waals surface area contributed by atoms with Crippen LogP contribution in [0.1, 0.15) is 78.6 Å². The van der Waals surface area contributed by atoms with Gasteiger partial charge in [-0.2, -0.15) is 0 Å². The van der Waals surface area contributed by atoms with Crippen LogP contribution in [0.3, 0.4) is 0 Å². The molecule has 3 N–H and O–H groups in total. The minimum Gasteiger partial charge on any atom is -0.444 e. The van der Waals surface area contributed by atoms with Crippen LogP contribution >= 0.6 is 0 Å². The van der Waals surface area contributed by atoms with Crippen molar-refractivity contribution in [2.24, 2.45) is 5.73 Å². The van der Waals surface area contributed by atoms with Gasteiger partial charge in [0.05, 0.1) is 34.5 Å². The number of nitrogens with one attached hydrogen (secondary N) is 1. The van der Waals surface area contributed by atoms with Gasteiger partial charge in [-0.25, -0.2) is 23.5 Å². The van der Waals surface area contributed by atoms with Crippen molar-refractivity contribution >= 4 is 27.9 Å². The van der Waals surface area contributed by atoms with Crippen LogP contribution in [-0.4, -0.2) is 30.8 Å². The Balaban J connectivity index is 0.000000236. The minimum absolute atomic E-state index is 0. The smallest absolute Gasteiger partial charge is 0.408 e. The van der Waals surface area contributed by atoms with E-state index < -0.39 is 46.5 Å². The van der Waals surface area contributed by atoms with Crippen molar-refractivity contribution in [3.05, 3.63) is 141 Å². The van der Waals surface area contributed by atoms with Crippen LogP contribution < -0.4 is 22.2 Å². The number of aromatic nitrogens is 4. The van der Waals surface area contributed by atoms with Gasteiger partial charge in [0.2, 0.25) is 0 Å². The van der Waals surface area contributed by atoms with Crippen LogP contribution in [0.2, 0.25) is 0 Å². The third-order valence-electron chi connectivity index (χ3n) is 7.96. The average Bonchev–Trinajstić information content (AvgIpc) is 3.10. The summed E-state index contributed by atoms with van der Waals surface area (Å²) in [5, 5.41) is 2.67. The van der Waals surface area contributed by atoms with Gasteiger partial charge in [-0.05, 0) is 82.1 Å². The summed E-state index contributed by atoms with van der Waals surface area (Å²) in [5.74, 6) is -0.454. The van der Waals surface area contributed by atoms with Crippen LogP contribution in [0, 0.1) is 11.6 Å².